The molecule has 1 aromatic carbocycles. The molecule has 18 heavy (non-hydrogen) atoms. The van der Waals surface area contributed by atoms with Gasteiger partial charge in [0.1, 0.15) is 0 Å². The van der Waals surface area contributed by atoms with Crippen molar-refractivity contribution >= 4 is 5.57 Å². The molecule has 0 fully saturated rings. The summed E-state index contributed by atoms with van der Waals surface area (Å²) in [5, 5.41) is 0. The SMILES string of the molecule is CCCCC1(C)C(c2ccccc2)=CC=CC1C. The summed E-state index contributed by atoms with van der Waals surface area (Å²) in [5.41, 5.74) is 3.17. The summed E-state index contributed by atoms with van der Waals surface area (Å²) >= 11 is 0. The minimum Gasteiger partial charge on any atom is -0.0808 e. The van der Waals surface area contributed by atoms with Gasteiger partial charge in [-0.15, -0.1) is 0 Å². The first-order chi connectivity index (χ1) is 8.68. The molecule has 2 rings (SSSR count). The van der Waals surface area contributed by atoms with Crippen LogP contribution in [-0.2, 0) is 0 Å². The van der Waals surface area contributed by atoms with Crippen LogP contribution in [0.25, 0.3) is 5.57 Å². The number of benzene rings is 1. The number of unbranched alkanes of at least 4 members (excludes halogenated alkanes) is 1. The van der Waals surface area contributed by atoms with E-state index in [0.717, 1.165) is 0 Å². The third kappa shape index (κ3) is 2.43. The van der Waals surface area contributed by atoms with E-state index in [9.17, 15) is 0 Å². The second-order valence-electron chi connectivity index (χ2n) is 5.64. The van der Waals surface area contributed by atoms with Gasteiger partial charge in [0.15, 0.2) is 0 Å². The molecule has 0 aromatic heterocycles. The fourth-order valence-corrected chi connectivity index (χ4v) is 2.92. The molecule has 0 bridgehead atoms. The largest absolute Gasteiger partial charge is 0.0808 e. The first-order valence-electron chi connectivity index (χ1n) is 7.13. The summed E-state index contributed by atoms with van der Waals surface area (Å²) in [6.45, 7) is 7.05. The van der Waals surface area contributed by atoms with E-state index in [1.807, 2.05) is 0 Å². The van der Waals surface area contributed by atoms with Gasteiger partial charge in [-0.05, 0) is 28.9 Å². The van der Waals surface area contributed by atoms with Crippen LogP contribution in [0.5, 0.6) is 0 Å². The van der Waals surface area contributed by atoms with Gasteiger partial charge in [-0.2, -0.15) is 0 Å². The number of allylic oxidation sites excluding steroid dienone is 4. The van der Waals surface area contributed by atoms with Crippen molar-refractivity contribution in [1.82, 2.24) is 0 Å². The molecule has 0 amide bonds. The van der Waals surface area contributed by atoms with E-state index in [1.165, 1.54) is 30.4 Å². The van der Waals surface area contributed by atoms with E-state index in [4.69, 9.17) is 0 Å². The van der Waals surface area contributed by atoms with Crippen molar-refractivity contribution in [3.05, 3.63) is 54.1 Å². The van der Waals surface area contributed by atoms with E-state index >= 15 is 0 Å². The maximum absolute atomic E-state index is 2.43. The summed E-state index contributed by atoms with van der Waals surface area (Å²) in [7, 11) is 0. The maximum Gasteiger partial charge on any atom is -0.000918 e. The molecule has 0 spiro atoms. The Bertz CT molecular complexity index is 438. The molecular weight excluding hydrogens is 216 g/mol. The molecule has 0 aliphatic heterocycles. The fraction of sp³-hybridized carbons (Fsp3) is 0.444. The summed E-state index contributed by atoms with van der Waals surface area (Å²) in [6, 6.07) is 10.8. The molecule has 1 aliphatic carbocycles. The Hall–Kier alpha value is -1.30. The molecule has 0 N–H and O–H groups in total. The van der Waals surface area contributed by atoms with Crippen LogP contribution < -0.4 is 0 Å². The lowest BCUT2D eigenvalue weighted by atomic mass is 9.65. The van der Waals surface area contributed by atoms with Gasteiger partial charge in [0.25, 0.3) is 0 Å². The van der Waals surface area contributed by atoms with Crippen molar-refractivity contribution in [1.29, 1.82) is 0 Å². The van der Waals surface area contributed by atoms with Crippen molar-refractivity contribution in [3.8, 4) is 0 Å². The minimum absolute atomic E-state index is 0.284. The quantitative estimate of drug-likeness (QED) is 0.654. The Balaban J connectivity index is 2.36. The number of rotatable bonds is 4. The average Bonchev–Trinajstić information content (AvgIpc) is 2.41. The van der Waals surface area contributed by atoms with Gasteiger partial charge < -0.3 is 0 Å². The summed E-state index contributed by atoms with van der Waals surface area (Å²) in [6.07, 6.45) is 10.7. The van der Waals surface area contributed by atoms with Crippen LogP contribution >= 0.6 is 0 Å². The lowest BCUT2D eigenvalue weighted by Crippen LogP contribution is -2.27. The average molecular weight is 240 g/mol. The molecule has 0 heterocycles. The molecule has 2 atom stereocenters. The number of hydrogen-bond acceptors (Lipinski definition) is 0. The molecule has 96 valence electrons. The highest BCUT2D eigenvalue weighted by Gasteiger charge is 2.34. The Labute approximate surface area is 111 Å². The monoisotopic (exact) mass is 240 g/mol. The van der Waals surface area contributed by atoms with Crippen LogP contribution in [0.2, 0.25) is 0 Å². The van der Waals surface area contributed by atoms with Gasteiger partial charge in [-0.1, -0.05) is 82.2 Å². The topological polar surface area (TPSA) is 0 Å². The zero-order valence-corrected chi connectivity index (χ0v) is 11.8. The molecule has 2 unspecified atom stereocenters. The highest BCUT2D eigenvalue weighted by atomic mass is 14.4. The van der Waals surface area contributed by atoms with Crippen LogP contribution in [0.1, 0.15) is 45.6 Å². The molecule has 0 heteroatoms. The van der Waals surface area contributed by atoms with E-state index in [-0.39, 0.29) is 5.41 Å². The van der Waals surface area contributed by atoms with Gasteiger partial charge >= 0.3 is 0 Å². The van der Waals surface area contributed by atoms with Crippen molar-refractivity contribution in [2.24, 2.45) is 11.3 Å². The molecule has 0 radical (unpaired) electrons. The lowest BCUT2D eigenvalue weighted by Gasteiger charge is -2.39. The Morgan fingerprint density at radius 3 is 2.56 bits per heavy atom. The van der Waals surface area contributed by atoms with Crippen LogP contribution in [0, 0.1) is 11.3 Å². The standard InChI is InChI=1S/C18H24/c1-4-5-14-18(3)15(2)10-9-13-17(18)16-11-7-6-8-12-16/h6-13,15H,4-5,14H2,1-3H3. The van der Waals surface area contributed by atoms with E-state index in [2.05, 4.69) is 69.3 Å². The molecule has 0 saturated heterocycles. The fourth-order valence-electron chi connectivity index (χ4n) is 2.92. The van der Waals surface area contributed by atoms with Gasteiger partial charge in [-0.25, -0.2) is 0 Å². The first-order valence-corrected chi connectivity index (χ1v) is 7.13. The Kier molecular flexibility index (Phi) is 4.06. The predicted octanol–water partition coefficient (Wildman–Crippen LogP) is 5.47. The molecular formula is C18H24. The minimum atomic E-state index is 0.284. The number of hydrogen-bond donors (Lipinski definition) is 0. The van der Waals surface area contributed by atoms with Gasteiger partial charge in [0.05, 0.1) is 0 Å². The predicted molar refractivity (Wildman–Crippen MR) is 80.4 cm³/mol. The third-order valence-electron chi connectivity index (χ3n) is 4.42. The zero-order chi connectivity index (χ0) is 13.0. The highest BCUT2D eigenvalue weighted by molar-refractivity contribution is 5.73. The smallest absolute Gasteiger partial charge is 0.000918 e. The zero-order valence-electron chi connectivity index (χ0n) is 11.8. The molecule has 1 aromatic rings. The van der Waals surface area contributed by atoms with Crippen molar-refractivity contribution < 1.29 is 0 Å². The lowest BCUT2D eigenvalue weighted by molar-refractivity contribution is 0.306. The van der Waals surface area contributed by atoms with Crippen LogP contribution in [0.3, 0.4) is 0 Å². The second-order valence-corrected chi connectivity index (χ2v) is 5.64. The summed E-state index contributed by atoms with van der Waals surface area (Å²) < 4.78 is 0. The van der Waals surface area contributed by atoms with Gasteiger partial charge in [0.2, 0.25) is 0 Å². The maximum atomic E-state index is 2.43. The van der Waals surface area contributed by atoms with Crippen molar-refractivity contribution in [2.45, 2.75) is 40.0 Å². The summed E-state index contributed by atoms with van der Waals surface area (Å²) in [4.78, 5) is 0. The van der Waals surface area contributed by atoms with E-state index in [1.54, 1.807) is 0 Å². The first kappa shape index (κ1) is 13.1. The van der Waals surface area contributed by atoms with E-state index in [0.29, 0.717) is 5.92 Å². The van der Waals surface area contributed by atoms with Gasteiger partial charge in [-0.3, -0.25) is 0 Å². The van der Waals surface area contributed by atoms with Crippen molar-refractivity contribution in [2.75, 3.05) is 0 Å². The summed E-state index contributed by atoms with van der Waals surface area (Å²) in [5.74, 6) is 0.615. The normalized spacial score (nSPS) is 27.1. The van der Waals surface area contributed by atoms with Gasteiger partial charge in [0, 0.05) is 0 Å². The third-order valence-corrected chi connectivity index (χ3v) is 4.42. The molecule has 1 aliphatic rings. The van der Waals surface area contributed by atoms with Crippen LogP contribution in [-0.4, -0.2) is 0 Å². The highest BCUT2D eigenvalue weighted by Crippen LogP contribution is 2.47. The van der Waals surface area contributed by atoms with E-state index < -0.39 is 0 Å². The van der Waals surface area contributed by atoms with Crippen LogP contribution in [0.4, 0.5) is 0 Å². The van der Waals surface area contributed by atoms with Crippen molar-refractivity contribution in [3.63, 3.8) is 0 Å². The Morgan fingerprint density at radius 2 is 1.89 bits per heavy atom. The Morgan fingerprint density at radius 1 is 1.17 bits per heavy atom. The second kappa shape index (κ2) is 5.56. The van der Waals surface area contributed by atoms with Crippen LogP contribution in [0.15, 0.2) is 48.6 Å². The molecule has 0 saturated carbocycles. The molecule has 0 nitrogen and oxygen atoms in total.